The maximum absolute atomic E-state index is 14.3. The molecule has 15 heteroatoms. The molecule has 2 aromatic heterocycles. The molecule has 0 fully saturated rings. The van der Waals surface area contributed by atoms with Crippen LogP contribution >= 0.6 is 0 Å². The number of ether oxygens (including phenoxy) is 2. The van der Waals surface area contributed by atoms with E-state index in [0.717, 1.165) is 11.8 Å². The average molecular weight is 525 g/mol. The van der Waals surface area contributed by atoms with Gasteiger partial charge in [-0.15, -0.1) is 0 Å². The smallest absolute Gasteiger partial charge is 0.490 e. The molecule has 2 aromatic carbocycles. The van der Waals surface area contributed by atoms with Gasteiger partial charge in [0.05, 0.1) is 25.9 Å². The summed E-state index contributed by atoms with van der Waals surface area (Å²) in [4.78, 5) is 30.9. The van der Waals surface area contributed by atoms with E-state index in [0.29, 0.717) is 34.0 Å². The molecule has 0 radical (unpaired) electrons. The van der Waals surface area contributed by atoms with Gasteiger partial charge in [0.15, 0.2) is 17.2 Å². The highest BCUT2D eigenvalue weighted by Crippen LogP contribution is 2.33. The average Bonchev–Trinajstić information content (AvgIpc) is 3.21. The molecule has 4 N–H and O–H groups in total. The van der Waals surface area contributed by atoms with Gasteiger partial charge in [0.25, 0.3) is 0 Å². The Hall–Kier alpha value is -4.82. The lowest BCUT2D eigenvalue weighted by Crippen LogP contribution is -2.21. The first-order valence-electron chi connectivity index (χ1n) is 10.1. The van der Waals surface area contributed by atoms with Crippen molar-refractivity contribution < 1.29 is 41.4 Å². The zero-order valence-electron chi connectivity index (χ0n) is 19.4. The number of aromatic amines is 1. The summed E-state index contributed by atoms with van der Waals surface area (Å²) in [6.45, 7) is 1.88. The predicted molar refractivity (Wildman–Crippen MR) is 123 cm³/mol. The van der Waals surface area contributed by atoms with Crippen LogP contribution in [0.3, 0.4) is 0 Å². The highest BCUT2D eigenvalue weighted by molar-refractivity contribution is 5.78. The molecule has 0 saturated heterocycles. The van der Waals surface area contributed by atoms with Crippen LogP contribution in [0.1, 0.15) is 5.56 Å². The topological polar surface area (TPSA) is 152 Å². The molecule has 4 rings (SSSR count). The first-order chi connectivity index (χ1) is 17.4. The molecule has 0 unspecified atom stereocenters. The fourth-order valence-corrected chi connectivity index (χ4v) is 2.97. The molecule has 0 atom stereocenters. The number of methoxy groups -OCH3 is 2. The number of nitrogens with one attached hydrogen (secondary N) is 3. The summed E-state index contributed by atoms with van der Waals surface area (Å²) in [5.41, 5.74) is 2.86. The molecule has 4 aromatic rings. The Labute approximate surface area is 205 Å². The number of anilines is 4. The summed E-state index contributed by atoms with van der Waals surface area (Å²) in [6, 6.07) is 8.38. The number of rotatable bonds is 6. The molecule has 0 amide bonds. The van der Waals surface area contributed by atoms with E-state index in [1.54, 1.807) is 44.6 Å². The van der Waals surface area contributed by atoms with E-state index >= 15 is 0 Å². The number of hydrogen-bond acceptors (Lipinski definition) is 9. The monoisotopic (exact) mass is 525 g/mol. The summed E-state index contributed by atoms with van der Waals surface area (Å²) in [5, 5.41) is 13.0. The summed E-state index contributed by atoms with van der Waals surface area (Å²) in [6.07, 6.45) is -4.03. The molecule has 0 aliphatic carbocycles. The lowest BCUT2D eigenvalue weighted by Gasteiger charge is -2.14. The van der Waals surface area contributed by atoms with Crippen molar-refractivity contribution in [2.24, 2.45) is 0 Å². The van der Waals surface area contributed by atoms with Crippen LogP contribution in [0.25, 0.3) is 11.1 Å². The minimum Gasteiger partial charge on any atom is -0.496 e. The van der Waals surface area contributed by atoms with Gasteiger partial charge in [0, 0.05) is 29.1 Å². The largest absolute Gasteiger partial charge is 0.496 e. The Kier molecular flexibility index (Phi) is 7.85. The lowest BCUT2D eigenvalue weighted by molar-refractivity contribution is -0.192. The second-order valence-electron chi connectivity index (χ2n) is 7.17. The van der Waals surface area contributed by atoms with Gasteiger partial charge in [0.1, 0.15) is 11.5 Å². The van der Waals surface area contributed by atoms with E-state index in [1.807, 2.05) is 6.92 Å². The zero-order chi connectivity index (χ0) is 27.3. The van der Waals surface area contributed by atoms with Gasteiger partial charge in [-0.1, -0.05) is 0 Å². The minimum absolute atomic E-state index is 0.0382. The van der Waals surface area contributed by atoms with E-state index in [9.17, 15) is 22.4 Å². The fraction of sp³-hybridized carbons (Fsp3) is 0.182. The number of fused-ring (bicyclic) bond motifs is 1. The number of aromatic nitrogens is 3. The van der Waals surface area contributed by atoms with Crippen LogP contribution in [0.2, 0.25) is 0 Å². The minimum atomic E-state index is -5.08. The van der Waals surface area contributed by atoms with E-state index in [1.165, 1.54) is 0 Å². The van der Waals surface area contributed by atoms with Gasteiger partial charge in [-0.25, -0.2) is 19.0 Å². The molecule has 0 bridgehead atoms. The molecule has 0 spiro atoms. The van der Waals surface area contributed by atoms with E-state index in [2.05, 4.69) is 25.6 Å². The van der Waals surface area contributed by atoms with Gasteiger partial charge in [-0.2, -0.15) is 18.2 Å². The van der Waals surface area contributed by atoms with Gasteiger partial charge >= 0.3 is 17.9 Å². The molecule has 2 heterocycles. The standard InChI is InChI=1S/C20H18FN5O4.C2HF3O2/c1-10-16(28-2)7-12(8-17(10)29-3)24-19-22-9-13(21)18(26-19)23-11-4-5-15-14(6-11)25-20(27)30-15;3-2(4,5)1(6)7/h4-9H,1-3H3,(H,25,27)(H2,22,23,24,26);(H,6,7). The van der Waals surface area contributed by atoms with Gasteiger partial charge < -0.3 is 29.6 Å². The number of carboxylic acid groups (broad SMARTS) is 1. The molecule has 11 nitrogen and oxygen atoms in total. The Morgan fingerprint density at radius 3 is 2.27 bits per heavy atom. The van der Waals surface area contributed by atoms with Crippen molar-refractivity contribution in [2.75, 3.05) is 24.9 Å². The normalized spacial score (nSPS) is 10.9. The van der Waals surface area contributed by atoms with E-state index in [4.69, 9.17) is 23.8 Å². The fourth-order valence-electron chi connectivity index (χ4n) is 2.97. The third-order valence-electron chi connectivity index (χ3n) is 4.68. The zero-order valence-corrected chi connectivity index (χ0v) is 19.4. The third-order valence-corrected chi connectivity index (χ3v) is 4.68. The first-order valence-corrected chi connectivity index (χ1v) is 10.1. The summed E-state index contributed by atoms with van der Waals surface area (Å²) < 4.78 is 61.7. The number of oxazole rings is 1. The van der Waals surface area contributed by atoms with E-state index in [-0.39, 0.29) is 11.8 Å². The van der Waals surface area contributed by atoms with Crippen LogP contribution in [-0.2, 0) is 4.79 Å². The van der Waals surface area contributed by atoms with Crippen molar-refractivity contribution in [2.45, 2.75) is 13.1 Å². The number of benzene rings is 2. The second kappa shape index (κ2) is 10.8. The van der Waals surface area contributed by atoms with Gasteiger partial charge in [-0.05, 0) is 25.1 Å². The molecular formula is C22H19F4N5O6. The summed E-state index contributed by atoms with van der Waals surface area (Å²) >= 11 is 0. The highest BCUT2D eigenvalue weighted by Gasteiger charge is 2.38. The molecule has 0 aliphatic heterocycles. The Morgan fingerprint density at radius 2 is 1.70 bits per heavy atom. The quantitative estimate of drug-likeness (QED) is 0.265. The summed E-state index contributed by atoms with van der Waals surface area (Å²) in [7, 11) is 3.12. The SMILES string of the molecule is COc1cc(Nc2ncc(F)c(Nc3ccc4oc(=O)[nH]c4c3)n2)cc(OC)c1C.O=C(O)C(F)(F)F. The van der Waals surface area contributed by atoms with Crippen molar-refractivity contribution in [1.29, 1.82) is 0 Å². The number of H-pyrrole nitrogens is 1. The van der Waals surface area contributed by atoms with Crippen molar-refractivity contribution >= 4 is 40.2 Å². The second-order valence-corrected chi connectivity index (χ2v) is 7.17. The maximum Gasteiger partial charge on any atom is 0.490 e. The number of aliphatic carboxylic acids is 1. The van der Waals surface area contributed by atoms with Crippen LogP contribution in [0, 0.1) is 12.7 Å². The molecule has 0 aliphatic rings. The Morgan fingerprint density at radius 1 is 1.08 bits per heavy atom. The molecule has 0 saturated carbocycles. The number of halogens is 4. The van der Waals surface area contributed by atoms with Crippen LogP contribution in [0.5, 0.6) is 11.5 Å². The van der Waals surface area contributed by atoms with Crippen LogP contribution in [0.15, 0.2) is 45.7 Å². The number of alkyl halides is 3. The van der Waals surface area contributed by atoms with Crippen molar-refractivity contribution in [1.82, 2.24) is 15.0 Å². The number of carbonyl (C=O) groups is 1. The number of nitrogens with zero attached hydrogens (tertiary/aromatic N) is 2. The first kappa shape index (κ1) is 26.8. The van der Waals surface area contributed by atoms with Gasteiger partial charge in [0.2, 0.25) is 5.95 Å². The molecule has 37 heavy (non-hydrogen) atoms. The van der Waals surface area contributed by atoms with Crippen molar-refractivity contribution in [3.63, 3.8) is 0 Å². The van der Waals surface area contributed by atoms with Gasteiger partial charge in [-0.3, -0.25) is 4.98 Å². The molecular weight excluding hydrogens is 506 g/mol. The maximum atomic E-state index is 14.3. The van der Waals surface area contributed by atoms with Crippen molar-refractivity contribution in [3.05, 3.63) is 58.5 Å². The summed E-state index contributed by atoms with van der Waals surface area (Å²) in [5.74, 6) is -2.58. The number of hydrogen-bond donors (Lipinski definition) is 4. The molecule has 196 valence electrons. The highest BCUT2D eigenvalue weighted by atomic mass is 19.4. The van der Waals surface area contributed by atoms with Crippen LogP contribution < -0.4 is 25.9 Å². The Balaban J connectivity index is 0.000000479. The number of carboxylic acids is 1. The third kappa shape index (κ3) is 6.65. The van der Waals surface area contributed by atoms with Crippen molar-refractivity contribution in [3.8, 4) is 11.5 Å². The Bertz CT molecular complexity index is 1460. The predicted octanol–water partition coefficient (Wildman–Crippen LogP) is 4.50. The lowest BCUT2D eigenvalue weighted by atomic mass is 10.2. The van der Waals surface area contributed by atoms with Crippen LogP contribution in [-0.4, -0.2) is 46.4 Å². The van der Waals surface area contributed by atoms with E-state index < -0.39 is 23.7 Å². The van der Waals surface area contributed by atoms with Crippen LogP contribution in [0.4, 0.5) is 40.7 Å².